The van der Waals surface area contributed by atoms with Crippen LogP contribution in [-0.2, 0) is 6.67 Å². The van der Waals surface area contributed by atoms with Crippen LogP contribution in [0.15, 0.2) is 30.3 Å². The van der Waals surface area contributed by atoms with E-state index in [1.165, 1.54) is 17.0 Å². The Morgan fingerprint density at radius 3 is 2.50 bits per heavy atom. The Kier molecular flexibility index (Phi) is 4.46. The van der Waals surface area contributed by atoms with Crippen LogP contribution in [0.4, 0.5) is 10.1 Å². The molecular formula is C18H22FN6S+. The molecule has 1 fully saturated rings. The molecule has 136 valence electrons. The normalized spacial score (nSPS) is 15.7. The predicted molar refractivity (Wildman–Crippen MR) is 101 cm³/mol. The molecule has 0 bridgehead atoms. The average Bonchev–Trinajstić information content (AvgIpc) is 2.92. The van der Waals surface area contributed by atoms with Crippen LogP contribution >= 0.6 is 12.2 Å². The molecular weight excluding hydrogens is 351 g/mol. The van der Waals surface area contributed by atoms with Crippen molar-refractivity contribution in [1.29, 1.82) is 0 Å². The molecule has 0 unspecified atom stereocenters. The monoisotopic (exact) mass is 373 g/mol. The van der Waals surface area contributed by atoms with Gasteiger partial charge >= 0.3 is 0 Å². The molecule has 1 aliphatic heterocycles. The summed E-state index contributed by atoms with van der Waals surface area (Å²) in [6.45, 7) is 8.63. The SMILES string of the molecule is Cc1cc(C)n2c(n1)nc(=S)n2C[NH+]1CCN(c2ccc(F)cc2)CC1. The Morgan fingerprint density at radius 2 is 1.81 bits per heavy atom. The minimum absolute atomic E-state index is 0.195. The van der Waals surface area contributed by atoms with Gasteiger partial charge in [0, 0.05) is 17.1 Å². The lowest BCUT2D eigenvalue weighted by molar-refractivity contribution is -0.924. The second-order valence-electron chi connectivity index (χ2n) is 6.82. The molecule has 0 atom stereocenters. The van der Waals surface area contributed by atoms with E-state index in [1.807, 2.05) is 34.3 Å². The number of aryl methyl sites for hydroxylation is 2. The van der Waals surface area contributed by atoms with Gasteiger partial charge < -0.3 is 9.80 Å². The largest absolute Gasteiger partial charge is 0.360 e. The van der Waals surface area contributed by atoms with Crippen LogP contribution in [0.3, 0.4) is 0 Å². The molecule has 8 heteroatoms. The third kappa shape index (κ3) is 3.22. The molecule has 0 radical (unpaired) electrons. The zero-order chi connectivity index (χ0) is 18.3. The first-order chi connectivity index (χ1) is 12.5. The van der Waals surface area contributed by atoms with Gasteiger partial charge in [-0.3, -0.25) is 0 Å². The summed E-state index contributed by atoms with van der Waals surface area (Å²) in [5, 5.41) is 0. The number of nitrogens with one attached hydrogen (secondary N) is 1. The van der Waals surface area contributed by atoms with Gasteiger partial charge in [0.25, 0.3) is 5.78 Å². The molecule has 26 heavy (non-hydrogen) atoms. The molecule has 3 heterocycles. The molecule has 1 aliphatic rings. The van der Waals surface area contributed by atoms with Gasteiger partial charge in [-0.1, -0.05) is 0 Å². The second kappa shape index (κ2) is 6.77. The molecule has 0 aliphatic carbocycles. The molecule has 2 aromatic heterocycles. The number of aromatic nitrogens is 4. The van der Waals surface area contributed by atoms with E-state index < -0.39 is 0 Å². The Labute approximate surface area is 156 Å². The van der Waals surface area contributed by atoms with Gasteiger partial charge in [0.15, 0.2) is 6.67 Å². The number of piperazine rings is 1. The van der Waals surface area contributed by atoms with Crippen LogP contribution in [0.1, 0.15) is 11.4 Å². The summed E-state index contributed by atoms with van der Waals surface area (Å²) in [6, 6.07) is 8.77. The van der Waals surface area contributed by atoms with E-state index in [1.54, 1.807) is 0 Å². The van der Waals surface area contributed by atoms with Crippen LogP contribution in [0, 0.1) is 24.4 Å². The fourth-order valence-corrected chi connectivity index (χ4v) is 3.83. The summed E-state index contributed by atoms with van der Waals surface area (Å²) in [4.78, 5) is 12.7. The smallest absolute Gasteiger partial charge is 0.252 e. The fraction of sp³-hybridized carbons (Fsp3) is 0.389. The van der Waals surface area contributed by atoms with Gasteiger partial charge in [-0.15, -0.1) is 0 Å². The molecule has 0 amide bonds. The predicted octanol–water partition coefficient (Wildman–Crippen LogP) is 1.38. The van der Waals surface area contributed by atoms with Crippen LogP contribution in [-0.4, -0.2) is 45.3 Å². The summed E-state index contributed by atoms with van der Waals surface area (Å²) >= 11 is 5.47. The van der Waals surface area contributed by atoms with Crippen LogP contribution in [0.5, 0.6) is 0 Å². The number of benzene rings is 1. The van der Waals surface area contributed by atoms with E-state index in [0.717, 1.165) is 49.9 Å². The zero-order valence-electron chi connectivity index (χ0n) is 14.9. The van der Waals surface area contributed by atoms with E-state index in [0.29, 0.717) is 10.5 Å². The van der Waals surface area contributed by atoms with Crippen molar-refractivity contribution >= 4 is 23.7 Å². The Hall–Kier alpha value is -2.32. The van der Waals surface area contributed by atoms with E-state index in [9.17, 15) is 4.39 Å². The molecule has 4 rings (SSSR count). The second-order valence-corrected chi connectivity index (χ2v) is 7.18. The van der Waals surface area contributed by atoms with Crippen molar-refractivity contribution < 1.29 is 9.29 Å². The first-order valence-corrected chi connectivity index (χ1v) is 9.20. The number of rotatable bonds is 3. The van der Waals surface area contributed by atoms with Crippen molar-refractivity contribution in [3.8, 4) is 0 Å². The average molecular weight is 373 g/mol. The molecule has 1 N–H and O–H groups in total. The minimum Gasteiger partial charge on any atom is -0.360 e. The van der Waals surface area contributed by atoms with Crippen LogP contribution < -0.4 is 9.80 Å². The number of nitrogens with zero attached hydrogens (tertiary/aromatic N) is 5. The Balaban J connectivity index is 1.50. The highest BCUT2D eigenvalue weighted by atomic mass is 32.1. The minimum atomic E-state index is -0.195. The quantitative estimate of drug-likeness (QED) is 0.705. The Bertz CT molecular complexity index is 985. The lowest BCUT2D eigenvalue weighted by Crippen LogP contribution is -3.14. The maximum Gasteiger partial charge on any atom is 0.252 e. The van der Waals surface area contributed by atoms with Crippen molar-refractivity contribution in [2.45, 2.75) is 20.5 Å². The highest BCUT2D eigenvalue weighted by Crippen LogP contribution is 2.14. The zero-order valence-corrected chi connectivity index (χ0v) is 15.8. The van der Waals surface area contributed by atoms with E-state index >= 15 is 0 Å². The number of fused-ring (bicyclic) bond motifs is 1. The third-order valence-corrected chi connectivity index (χ3v) is 5.21. The topological polar surface area (TPSA) is 42.8 Å². The van der Waals surface area contributed by atoms with E-state index in [-0.39, 0.29) is 5.82 Å². The van der Waals surface area contributed by atoms with Crippen molar-refractivity contribution in [2.75, 3.05) is 31.1 Å². The maximum absolute atomic E-state index is 13.1. The summed E-state index contributed by atoms with van der Waals surface area (Å²) in [5.74, 6) is 0.469. The van der Waals surface area contributed by atoms with Gasteiger partial charge in [-0.05, 0) is 56.4 Å². The lowest BCUT2D eigenvalue weighted by atomic mass is 10.2. The van der Waals surface area contributed by atoms with Crippen LogP contribution in [0.2, 0.25) is 0 Å². The van der Waals surface area contributed by atoms with Crippen molar-refractivity contribution in [2.24, 2.45) is 0 Å². The van der Waals surface area contributed by atoms with Crippen molar-refractivity contribution in [3.63, 3.8) is 0 Å². The maximum atomic E-state index is 13.1. The number of hydrogen-bond donors (Lipinski definition) is 1. The third-order valence-electron chi connectivity index (χ3n) is 4.91. The summed E-state index contributed by atoms with van der Waals surface area (Å²) < 4.78 is 17.7. The fourth-order valence-electron chi connectivity index (χ4n) is 3.60. The summed E-state index contributed by atoms with van der Waals surface area (Å²) in [7, 11) is 0. The number of hydrogen-bond acceptors (Lipinski definition) is 4. The van der Waals surface area contributed by atoms with Crippen molar-refractivity contribution in [3.05, 3.63) is 52.3 Å². The van der Waals surface area contributed by atoms with Crippen molar-refractivity contribution in [1.82, 2.24) is 19.2 Å². The molecule has 0 spiro atoms. The van der Waals surface area contributed by atoms with E-state index in [4.69, 9.17) is 12.2 Å². The number of quaternary nitrogens is 1. The lowest BCUT2D eigenvalue weighted by Gasteiger charge is -2.33. The van der Waals surface area contributed by atoms with Gasteiger partial charge in [-0.25, -0.2) is 18.6 Å². The highest BCUT2D eigenvalue weighted by Gasteiger charge is 2.22. The molecule has 3 aromatic rings. The van der Waals surface area contributed by atoms with Gasteiger partial charge in [0.05, 0.1) is 26.2 Å². The highest BCUT2D eigenvalue weighted by molar-refractivity contribution is 7.71. The number of halogens is 1. The first-order valence-electron chi connectivity index (χ1n) is 8.79. The van der Waals surface area contributed by atoms with E-state index in [2.05, 4.69) is 21.8 Å². The molecule has 0 saturated carbocycles. The summed E-state index contributed by atoms with van der Waals surface area (Å²) in [5.41, 5.74) is 3.11. The molecule has 6 nitrogen and oxygen atoms in total. The van der Waals surface area contributed by atoms with Gasteiger partial charge in [0.2, 0.25) is 4.77 Å². The van der Waals surface area contributed by atoms with Gasteiger partial charge in [-0.2, -0.15) is 4.98 Å². The molecule has 1 saturated heterocycles. The standard InChI is InChI=1S/C18H21FN6S/c1-13-11-14(2)25-17(20-13)21-18(26)24(25)12-22-7-9-23(10-8-22)16-5-3-15(19)4-6-16/h3-6,11H,7-10,12H2,1-2H3/p+1. The first kappa shape index (κ1) is 17.1. The van der Waals surface area contributed by atoms with Crippen LogP contribution in [0.25, 0.3) is 5.78 Å². The molecule has 1 aromatic carbocycles. The summed E-state index contributed by atoms with van der Waals surface area (Å²) in [6.07, 6.45) is 0. The van der Waals surface area contributed by atoms with Gasteiger partial charge in [0.1, 0.15) is 5.82 Å². The Morgan fingerprint density at radius 1 is 1.12 bits per heavy atom. The number of anilines is 1.